The van der Waals surface area contributed by atoms with Crippen LogP contribution < -0.4 is 5.32 Å². The molecular formula is C18H20F3N5O4. The van der Waals surface area contributed by atoms with Crippen LogP contribution in [-0.2, 0) is 34.0 Å². The molecule has 0 aliphatic carbocycles. The first-order valence-electron chi connectivity index (χ1n) is 8.81. The first kappa shape index (κ1) is 22.8. The maximum absolute atomic E-state index is 12.5. The lowest BCUT2D eigenvalue weighted by Crippen LogP contribution is -2.40. The number of carboxylic acid groups (broad SMARTS) is 1. The Morgan fingerprint density at radius 3 is 2.50 bits per heavy atom. The van der Waals surface area contributed by atoms with Crippen molar-refractivity contribution in [2.45, 2.75) is 32.7 Å². The molecule has 1 aliphatic rings. The first-order chi connectivity index (χ1) is 14.1. The average molecular weight is 427 g/mol. The maximum Gasteiger partial charge on any atom is 0.490 e. The van der Waals surface area contributed by atoms with Crippen LogP contribution in [0.2, 0.25) is 0 Å². The highest BCUT2D eigenvalue weighted by atomic mass is 19.4. The number of hydrogen-bond acceptors (Lipinski definition) is 5. The number of hydrogen-bond donors (Lipinski definition) is 2. The van der Waals surface area contributed by atoms with Crippen molar-refractivity contribution in [1.29, 1.82) is 0 Å². The molecule has 9 nitrogen and oxygen atoms in total. The van der Waals surface area contributed by atoms with Gasteiger partial charge < -0.3 is 15.3 Å². The van der Waals surface area contributed by atoms with E-state index in [1.54, 1.807) is 28.2 Å². The van der Waals surface area contributed by atoms with Crippen LogP contribution in [-0.4, -0.2) is 55.3 Å². The lowest BCUT2D eigenvalue weighted by Gasteiger charge is -2.22. The van der Waals surface area contributed by atoms with E-state index >= 15 is 0 Å². The van der Waals surface area contributed by atoms with Crippen LogP contribution in [0.15, 0.2) is 36.8 Å². The predicted molar refractivity (Wildman–Crippen MR) is 96.6 cm³/mol. The first-order valence-corrected chi connectivity index (χ1v) is 8.81. The van der Waals surface area contributed by atoms with Crippen LogP contribution in [0.25, 0.3) is 0 Å². The van der Waals surface area contributed by atoms with Crippen LogP contribution in [0.1, 0.15) is 18.2 Å². The SMILES string of the molecule is CC(=O)N1Cc2ccnn2CC(C(=O)NCc2cccnc2)C1.O=C(O)C(F)(F)F. The summed E-state index contributed by atoms with van der Waals surface area (Å²) in [7, 11) is 0. The van der Waals surface area contributed by atoms with Gasteiger partial charge in [0, 0.05) is 38.6 Å². The van der Waals surface area contributed by atoms with E-state index in [0.717, 1.165) is 11.3 Å². The molecule has 1 unspecified atom stereocenters. The second-order valence-electron chi connectivity index (χ2n) is 6.48. The van der Waals surface area contributed by atoms with Gasteiger partial charge in [-0.1, -0.05) is 6.07 Å². The average Bonchev–Trinajstić information content (AvgIpc) is 3.03. The quantitative estimate of drug-likeness (QED) is 0.760. The fourth-order valence-corrected chi connectivity index (χ4v) is 2.69. The minimum atomic E-state index is -5.08. The normalized spacial score (nSPS) is 15.9. The lowest BCUT2D eigenvalue weighted by atomic mass is 10.1. The van der Waals surface area contributed by atoms with Crippen LogP contribution in [0, 0.1) is 5.92 Å². The molecule has 0 aromatic carbocycles. The van der Waals surface area contributed by atoms with E-state index in [0.29, 0.717) is 26.2 Å². The number of alkyl halides is 3. The number of rotatable bonds is 3. The molecule has 2 N–H and O–H groups in total. The highest BCUT2D eigenvalue weighted by molar-refractivity contribution is 5.80. The van der Waals surface area contributed by atoms with Crippen molar-refractivity contribution in [1.82, 2.24) is 25.0 Å². The summed E-state index contributed by atoms with van der Waals surface area (Å²) in [4.78, 5) is 38.9. The summed E-state index contributed by atoms with van der Waals surface area (Å²) < 4.78 is 33.5. The maximum atomic E-state index is 12.5. The van der Waals surface area contributed by atoms with Crippen LogP contribution in [0.5, 0.6) is 0 Å². The molecule has 0 saturated carbocycles. The molecule has 30 heavy (non-hydrogen) atoms. The molecule has 0 saturated heterocycles. The van der Waals surface area contributed by atoms with E-state index < -0.39 is 12.1 Å². The molecule has 0 bridgehead atoms. The van der Waals surface area contributed by atoms with Gasteiger partial charge in [0.05, 0.1) is 24.7 Å². The number of aliphatic carboxylic acids is 1. The Hall–Kier alpha value is -3.44. The van der Waals surface area contributed by atoms with Crippen molar-refractivity contribution in [2.75, 3.05) is 6.54 Å². The third-order valence-electron chi connectivity index (χ3n) is 4.24. The zero-order valence-corrected chi connectivity index (χ0v) is 16.0. The molecule has 162 valence electrons. The molecule has 2 aromatic rings. The molecule has 2 aromatic heterocycles. The fourth-order valence-electron chi connectivity index (χ4n) is 2.69. The molecule has 12 heteroatoms. The number of amides is 2. The molecule has 0 radical (unpaired) electrons. The smallest absolute Gasteiger partial charge is 0.475 e. The number of carbonyl (C=O) groups excluding carboxylic acids is 2. The van der Waals surface area contributed by atoms with E-state index in [2.05, 4.69) is 15.4 Å². The van der Waals surface area contributed by atoms with Crippen molar-refractivity contribution in [3.8, 4) is 0 Å². The van der Waals surface area contributed by atoms with E-state index in [-0.39, 0.29) is 17.7 Å². The van der Waals surface area contributed by atoms with Gasteiger partial charge in [-0.05, 0) is 17.7 Å². The second kappa shape index (κ2) is 9.85. The van der Waals surface area contributed by atoms with Crippen molar-refractivity contribution >= 4 is 17.8 Å². The third kappa shape index (κ3) is 6.57. The number of pyridine rings is 1. The summed E-state index contributed by atoms with van der Waals surface area (Å²) in [5.41, 5.74) is 1.89. The number of carboxylic acids is 1. The molecule has 1 atom stereocenters. The Morgan fingerprint density at radius 1 is 1.23 bits per heavy atom. The van der Waals surface area contributed by atoms with Gasteiger partial charge in [-0.15, -0.1) is 0 Å². The molecule has 1 aliphatic heterocycles. The van der Waals surface area contributed by atoms with E-state index in [9.17, 15) is 22.8 Å². The minimum absolute atomic E-state index is 0.0373. The van der Waals surface area contributed by atoms with Gasteiger partial charge in [-0.2, -0.15) is 18.3 Å². The van der Waals surface area contributed by atoms with Gasteiger partial charge in [0.25, 0.3) is 0 Å². The highest BCUT2D eigenvalue weighted by Gasteiger charge is 2.38. The Labute approximate surface area is 169 Å². The van der Waals surface area contributed by atoms with Gasteiger partial charge in [0.2, 0.25) is 11.8 Å². The Bertz CT molecular complexity index is 885. The van der Waals surface area contributed by atoms with Crippen LogP contribution in [0.4, 0.5) is 13.2 Å². The molecule has 0 fully saturated rings. The Morgan fingerprint density at radius 2 is 1.93 bits per heavy atom. The van der Waals surface area contributed by atoms with Gasteiger partial charge >= 0.3 is 12.1 Å². The number of carbonyl (C=O) groups is 3. The number of fused-ring (bicyclic) bond motifs is 1. The third-order valence-corrected chi connectivity index (χ3v) is 4.24. The number of nitrogens with one attached hydrogen (secondary N) is 1. The van der Waals surface area contributed by atoms with Gasteiger partial charge in [0.1, 0.15) is 0 Å². The van der Waals surface area contributed by atoms with Crippen LogP contribution >= 0.6 is 0 Å². The fraction of sp³-hybridized carbons (Fsp3) is 0.389. The standard InChI is InChI=1S/C16H19N5O2.C2HF3O2/c1-12(22)20-9-14(10-21-15(11-20)4-6-19-21)16(23)18-8-13-3-2-5-17-7-13;3-2(4,5)1(6)7/h2-7,14H,8-11H2,1H3,(H,18,23);(H,6,7). The summed E-state index contributed by atoms with van der Waals surface area (Å²) in [6.45, 7) is 3.32. The van der Waals surface area contributed by atoms with Crippen molar-refractivity contribution in [2.24, 2.45) is 5.92 Å². The predicted octanol–water partition coefficient (Wildman–Crippen LogP) is 1.21. The summed E-state index contributed by atoms with van der Waals surface area (Å²) in [6.07, 6.45) is 0.0328. The monoisotopic (exact) mass is 427 g/mol. The lowest BCUT2D eigenvalue weighted by molar-refractivity contribution is -0.192. The van der Waals surface area contributed by atoms with E-state index in [1.807, 2.05) is 18.2 Å². The van der Waals surface area contributed by atoms with Crippen molar-refractivity contribution in [3.63, 3.8) is 0 Å². The van der Waals surface area contributed by atoms with Crippen molar-refractivity contribution < 1.29 is 32.7 Å². The molecule has 3 rings (SSSR count). The van der Waals surface area contributed by atoms with E-state index in [4.69, 9.17) is 9.90 Å². The number of aromatic nitrogens is 3. The zero-order valence-electron chi connectivity index (χ0n) is 16.0. The molecular weight excluding hydrogens is 407 g/mol. The topological polar surface area (TPSA) is 117 Å². The Kier molecular flexibility index (Phi) is 7.50. The summed E-state index contributed by atoms with van der Waals surface area (Å²) in [6, 6.07) is 5.63. The van der Waals surface area contributed by atoms with E-state index in [1.165, 1.54) is 6.92 Å². The minimum Gasteiger partial charge on any atom is -0.475 e. The zero-order chi connectivity index (χ0) is 22.3. The van der Waals surface area contributed by atoms with Crippen molar-refractivity contribution in [3.05, 3.63) is 48.0 Å². The Balaban J connectivity index is 0.000000396. The van der Waals surface area contributed by atoms with Gasteiger partial charge in [-0.25, -0.2) is 4.79 Å². The van der Waals surface area contributed by atoms with Gasteiger partial charge in [0.15, 0.2) is 0 Å². The molecule has 3 heterocycles. The summed E-state index contributed by atoms with van der Waals surface area (Å²) >= 11 is 0. The molecule has 0 spiro atoms. The summed E-state index contributed by atoms with van der Waals surface area (Å²) in [5, 5.41) is 14.3. The highest BCUT2D eigenvalue weighted by Crippen LogP contribution is 2.16. The number of nitrogens with zero attached hydrogens (tertiary/aromatic N) is 4. The molecule has 2 amide bonds. The summed E-state index contributed by atoms with van der Waals surface area (Å²) in [5.74, 6) is -3.20. The second-order valence-corrected chi connectivity index (χ2v) is 6.48. The van der Waals surface area contributed by atoms with Crippen LogP contribution in [0.3, 0.4) is 0 Å². The largest absolute Gasteiger partial charge is 0.490 e. The number of halogens is 3. The van der Waals surface area contributed by atoms with Gasteiger partial charge in [-0.3, -0.25) is 19.3 Å².